The van der Waals surface area contributed by atoms with Gasteiger partial charge in [-0.05, 0) is 49.4 Å². The summed E-state index contributed by atoms with van der Waals surface area (Å²) in [5.74, 6) is -0.241. The lowest BCUT2D eigenvalue weighted by Crippen LogP contribution is -2.28. The number of halogens is 1. The van der Waals surface area contributed by atoms with Crippen molar-refractivity contribution in [3.8, 4) is 5.75 Å². The lowest BCUT2D eigenvalue weighted by molar-refractivity contribution is 0.0691. The van der Waals surface area contributed by atoms with Crippen LogP contribution < -0.4 is 10.1 Å². The fraction of sp³-hybridized carbons (Fsp3) is 0.185. The molecule has 0 fully saturated rings. The number of fused-ring (bicyclic) bond motifs is 2. The lowest BCUT2D eigenvalue weighted by Gasteiger charge is -2.10. The molecule has 37 heavy (non-hydrogen) atoms. The van der Waals surface area contributed by atoms with E-state index in [1.54, 1.807) is 42.5 Å². The van der Waals surface area contributed by atoms with E-state index in [2.05, 4.69) is 15.3 Å². The number of carbonyl (C=O) groups excluding carboxylic acids is 1. The maximum absolute atomic E-state index is 13.6. The number of hydrogen-bond donors (Lipinski definition) is 3. The van der Waals surface area contributed by atoms with Crippen molar-refractivity contribution in [3.63, 3.8) is 0 Å². The van der Waals surface area contributed by atoms with Crippen molar-refractivity contribution in [1.82, 2.24) is 24.8 Å². The number of aromatic amines is 1. The van der Waals surface area contributed by atoms with Gasteiger partial charge in [0.15, 0.2) is 0 Å². The average molecular weight is 502 g/mol. The minimum atomic E-state index is -1.08. The highest BCUT2D eigenvalue weighted by Gasteiger charge is 2.20. The van der Waals surface area contributed by atoms with Gasteiger partial charge in [0.2, 0.25) is 0 Å². The SMILES string of the molecule is CC(c1nc2cc(F)ccc2[nH]1)c1nc2ccc(C(=O)NCCOc3ccccc3C(=O)O)cc2n1C. The number of carbonyl (C=O) groups is 2. The molecule has 0 aliphatic rings. The summed E-state index contributed by atoms with van der Waals surface area (Å²) in [5, 5.41) is 12.0. The van der Waals surface area contributed by atoms with Crippen LogP contribution in [0.1, 0.15) is 45.2 Å². The summed E-state index contributed by atoms with van der Waals surface area (Å²) in [7, 11) is 1.87. The number of nitrogens with one attached hydrogen (secondary N) is 2. The van der Waals surface area contributed by atoms with E-state index in [4.69, 9.17) is 9.72 Å². The summed E-state index contributed by atoms with van der Waals surface area (Å²) >= 11 is 0. The molecule has 2 heterocycles. The van der Waals surface area contributed by atoms with E-state index in [9.17, 15) is 19.1 Å². The number of aromatic nitrogens is 4. The number of aryl methyl sites for hydroxylation is 1. The van der Waals surface area contributed by atoms with Gasteiger partial charge in [-0.25, -0.2) is 19.2 Å². The van der Waals surface area contributed by atoms with Crippen molar-refractivity contribution in [1.29, 1.82) is 0 Å². The third kappa shape index (κ3) is 4.73. The van der Waals surface area contributed by atoms with Gasteiger partial charge in [0.05, 0.1) is 34.5 Å². The van der Waals surface area contributed by atoms with E-state index in [0.717, 1.165) is 22.4 Å². The summed E-state index contributed by atoms with van der Waals surface area (Å²) in [6.45, 7) is 2.28. The molecular weight excluding hydrogens is 477 g/mol. The molecule has 0 bridgehead atoms. The van der Waals surface area contributed by atoms with Crippen molar-refractivity contribution < 1.29 is 23.8 Å². The van der Waals surface area contributed by atoms with Gasteiger partial charge in [0, 0.05) is 18.7 Å². The molecule has 1 unspecified atom stereocenters. The maximum atomic E-state index is 13.6. The van der Waals surface area contributed by atoms with Crippen molar-refractivity contribution in [2.24, 2.45) is 7.05 Å². The van der Waals surface area contributed by atoms with E-state index >= 15 is 0 Å². The van der Waals surface area contributed by atoms with Gasteiger partial charge in [-0.3, -0.25) is 4.79 Å². The third-order valence-electron chi connectivity index (χ3n) is 6.20. The summed E-state index contributed by atoms with van der Waals surface area (Å²) < 4.78 is 21.0. The number of imidazole rings is 2. The van der Waals surface area contributed by atoms with Gasteiger partial charge in [0.25, 0.3) is 5.91 Å². The number of para-hydroxylation sites is 1. The van der Waals surface area contributed by atoms with Crippen LogP contribution in [0.25, 0.3) is 22.1 Å². The van der Waals surface area contributed by atoms with Gasteiger partial charge in [-0.15, -0.1) is 0 Å². The number of amides is 1. The molecule has 3 aromatic carbocycles. The average Bonchev–Trinajstić information content (AvgIpc) is 3.46. The van der Waals surface area contributed by atoms with Gasteiger partial charge in [-0.2, -0.15) is 0 Å². The van der Waals surface area contributed by atoms with Crippen LogP contribution in [0.3, 0.4) is 0 Å². The fourth-order valence-electron chi connectivity index (χ4n) is 4.26. The number of nitrogens with zero attached hydrogens (tertiary/aromatic N) is 3. The molecule has 0 spiro atoms. The Labute approximate surface area is 210 Å². The second kappa shape index (κ2) is 9.73. The molecule has 2 aromatic heterocycles. The zero-order valence-corrected chi connectivity index (χ0v) is 20.2. The Balaban J connectivity index is 1.28. The first kappa shape index (κ1) is 24.0. The van der Waals surface area contributed by atoms with Gasteiger partial charge in [-0.1, -0.05) is 12.1 Å². The largest absolute Gasteiger partial charge is 0.491 e. The monoisotopic (exact) mass is 501 g/mol. The second-order valence-corrected chi connectivity index (χ2v) is 8.64. The molecule has 3 N–H and O–H groups in total. The first-order valence-corrected chi connectivity index (χ1v) is 11.7. The van der Waals surface area contributed by atoms with Gasteiger partial charge < -0.3 is 24.7 Å². The summed E-state index contributed by atoms with van der Waals surface area (Å²) in [4.78, 5) is 36.5. The normalized spacial score (nSPS) is 12.1. The molecular formula is C27H24FN5O4. The lowest BCUT2D eigenvalue weighted by atomic mass is 10.1. The van der Waals surface area contributed by atoms with E-state index < -0.39 is 5.97 Å². The number of carboxylic acids is 1. The number of carboxylic acid groups (broad SMARTS) is 1. The van der Waals surface area contributed by atoms with Gasteiger partial charge in [0.1, 0.15) is 35.4 Å². The number of aromatic carboxylic acids is 1. The van der Waals surface area contributed by atoms with E-state index in [1.807, 2.05) is 18.5 Å². The first-order chi connectivity index (χ1) is 17.8. The minimum absolute atomic E-state index is 0.0651. The van der Waals surface area contributed by atoms with Crippen LogP contribution in [0, 0.1) is 5.82 Å². The molecule has 9 nitrogen and oxygen atoms in total. The van der Waals surface area contributed by atoms with Crippen molar-refractivity contribution in [2.45, 2.75) is 12.8 Å². The smallest absolute Gasteiger partial charge is 0.339 e. The molecule has 0 radical (unpaired) electrons. The zero-order valence-electron chi connectivity index (χ0n) is 20.2. The molecule has 0 aliphatic heterocycles. The number of H-pyrrole nitrogens is 1. The molecule has 1 atom stereocenters. The summed E-state index contributed by atoms with van der Waals surface area (Å²) in [6.07, 6.45) is 0. The van der Waals surface area contributed by atoms with Crippen LogP contribution in [-0.4, -0.2) is 49.7 Å². The standard InChI is InChI=1S/C27H24FN5O4/c1-15(24-30-19-10-8-17(28)14-21(19)31-24)25-32-20-9-7-16(13-22(20)33(25)2)26(34)29-11-12-37-23-6-4-3-5-18(23)27(35)36/h3-10,13-15H,11-12H2,1-2H3,(H,29,34)(H,30,31)(H,35,36). The maximum Gasteiger partial charge on any atom is 0.339 e. The van der Waals surface area contributed by atoms with E-state index in [-0.39, 0.29) is 42.1 Å². The predicted octanol–water partition coefficient (Wildman–Crippen LogP) is 4.25. The molecule has 188 valence electrons. The molecule has 0 saturated carbocycles. The third-order valence-corrected chi connectivity index (χ3v) is 6.20. The Hall–Kier alpha value is -4.73. The van der Waals surface area contributed by atoms with Crippen LogP contribution >= 0.6 is 0 Å². The molecule has 1 amide bonds. The summed E-state index contributed by atoms with van der Waals surface area (Å²) in [6, 6.07) is 16.0. The highest BCUT2D eigenvalue weighted by atomic mass is 19.1. The number of benzene rings is 3. The van der Waals surface area contributed by atoms with Crippen LogP contribution in [0.2, 0.25) is 0 Å². The fourth-order valence-corrected chi connectivity index (χ4v) is 4.26. The Kier molecular flexibility index (Phi) is 6.31. The van der Waals surface area contributed by atoms with Gasteiger partial charge >= 0.3 is 5.97 Å². The minimum Gasteiger partial charge on any atom is -0.491 e. The Bertz CT molecular complexity index is 1640. The first-order valence-electron chi connectivity index (χ1n) is 11.7. The molecule has 10 heteroatoms. The molecule has 0 saturated heterocycles. The Morgan fingerprint density at radius 3 is 2.73 bits per heavy atom. The van der Waals surface area contributed by atoms with Crippen LogP contribution in [0.5, 0.6) is 5.75 Å². The highest BCUT2D eigenvalue weighted by Crippen LogP contribution is 2.27. The quantitative estimate of drug-likeness (QED) is 0.273. The zero-order chi connectivity index (χ0) is 26.1. The Morgan fingerprint density at radius 1 is 1.11 bits per heavy atom. The van der Waals surface area contributed by atoms with Crippen molar-refractivity contribution >= 4 is 33.9 Å². The topological polar surface area (TPSA) is 122 Å². The van der Waals surface area contributed by atoms with Crippen LogP contribution in [0.4, 0.5) is 4.39 Å². The highest BCUT2D eigenvalue weighted by molar-refractivity contribution is 5.97. The second-order valence-electron chi connectivity index (χ2n) is 8.64. The van der Waals surface area contributed by atoms with E-state index in [0.29, 0.717) is 16.9 Å². The summed E-state index contributed by atoms with van der Waals surface area (Å²) in [5.41, 5.74) is 3.33. The molecule has 5 rings (SSSR count). The van der Waals surface area contributed by atoms with Crippen molar-refractivity contribution in [3.05, 3.63) is 89.3 Å². The number of rotatable bonds is 8. The van der Waals surface area contributed by atoms with E-state index in [1.165, 1.54) is 18.2 Å². The predicted molar refractivity (Wildman–Crippen MR) is 136 cm³/mol. The molecule has 0 aliphatic carbocycles. The molecule has 5 aromatic rings. The van der Waals surface area contributed by atoms with Crippen LogP contribution in [0.15, 0.2) is 60.7 Å². The van der Waals surface area contributed by atoms with Crippen LogP contribution in [-0.2, 0) is 7.05 Å². The number of hydrogen-bond acceptors (Lipinski definition) is 5. The Morgan fingerprint density at radius 2 is 1.92 bits per heavy atom. The number of ether oxygens (including phenoxy) is 1. The van der Waals surface area contributed by atoms with Crippen molar-refractivity contribution in [2.75, 3.05) is 13.2 Å².